The summed E-state index contributed by atoms with van der Waals surface area (Å²) in [6, 6.07) is 0. The Morgan fingerprint density at radius 3 is 2.25 bits per heavy atom. The van der Waals surface area contributed by atoms with E-state index >= 15 is 0 Å². The van der Waals surface area contributed by atoms with Gasteiger partial charge in [-0.2, -0.15) is 0 Å². The van der Waals surface area contributed by atoms with Gasteiger partial charge in [-0.3, -0.25) is 0 Å². The summed E-state index contributed by atoms with van der Waals surface area (Å²) in [5.41, 5.74) is 1.20. The van der Waals surface area contributed by atoms with Crippen molar-refractivity contribution in [1.82, 2.24) is 5.16 Å². The van der Waals surface area contributed by atoms with Crippen LogP contribution < -0.4 is 3.71 Å². The van der Waals surface area contributed by atoms with Crippen LogP contribution in [0.4, 0.5) is 0 Å². The Kier molecular flexibility index (Phi) is 1.60. The van der Waals surface area contributed by atoms with Gasteiger partial charge in [-0.05, 0) is 0 Å². The van der Waals surface area contributed by atoms with Gasteiger partial charge in [0.2, 0.25) is 0 Å². The normalized spacial score (nSPS) is 9.88. The van der Waals surface area contributed by atoms with Crippen LogP contribution in [0, 0.1) is 13.8 Å². The van der Waals surface area contributed by atoms with Gasteiger partial charge in [0.05, 0.1) is 0 Å². The van der Waals surface area contributed by atoms with E-state index in [1.54, 1.807) is 0 Å². The molecular formula is C5H6NOSn. The number of hydrogen-bond acceptors (Lipinski definition) is 2. The SMILES string of the molecule is Cc1on[c]([Sn])c1C. The minimum absolute atomic E-state index is 0.941. The van der Waals surface area contributed by atoms with Crippen molar-refractivity contribution in [2.75, 3.05) is 0 Å². The fourth-order valence-electron chi connectivity index (χ4n) is 0.418. The second kappa shape index (κ2) is 2.09. The van der Waals surface area contributed by atoms with E-state index in [0.29, 0.717) is 0 Å². The molecule has 41 valence electrons. The molecule has 0 saturated carbocycles. The first-order chi connectivity index (χ1) is 3.72. The molecule has 0 fully saturated rings. The zero-order valence-corrected chi connectivity index (χ0v) is 7.71. The quantitative estimate of drug-likeness (QED) is 0.573. The molecule has 0 unspecified atom stereocenters. The Morgan fingerprint density at radius 1 is 1.50 bits per heavy atom. The van der Waals surface area contributed by atoms with Gasteiger partial charge in [-0.25, -0.2) is 0 Å². The maximum absolute atomic E-state index is 4.87. The Bertz CT molecular complexity index is 175. The second-order valence-corrected chi connectivity index (χ2v) is 3.06. The maximum atomic E-state index is 4.87. The van der Waals surface area contributed by atoms with Crippen LogP contribution in [0.15, 0.2) is 4.52 Å². The van der Waals surface area contributed by atoms with Gasteiger partial charge < -0.3 is 0 Å². The molecule has 1 rings (SSSR count). The molecule has 0 N–H and O–H groups in total. The van der Waals surface area contributed by atoms with Gasteiger partial charge in [0.15, 0.2) is 0 Å². The van der Waals surface area contributed by atoms with Crippen molar-refractivity contribution >= 4 is 26.2 Å². The molecule has 3 radical (unpaired) electrons. The Balaban J connectivity index is 3.19. The van der Waals surface area contributed by atoms with Crippen LogP contribution in [0.2, 0.25) is 0 Å². The zero-order chi connectivity index (χ0) is 6.15. The van der Waals surface area contributed by atoms with Crippen molar-refractivity contribution in [1.29, 1.82) is 0 Å². The molecule has 0 amide bonds. The van der Waals surface area contributed by atoms with Crippen molar-refractivity contribution in [3.8, 4) is 0 Å². The van der Waals surface area contributed by atoms with Crippen LogP contribution in [-0.4, -0.2) is 27.7 Å². The van der Waals surface area contributed by atoms with Crippen molar-refractivity contribution in [2.45, 2.75) is 13.8 Å². The fraction of sp³-hybridized carbons (Fsp3) is 0.400. The van der Waals surface area contributed by atoms with Crippen LogP contribution >= 0.6 is 0 Å². The molecule has 1 aromatic rings. The summed E-state index contributed by atoms with van der Waals surface area (Å²) in [4.78, 5) is 0. The zero-order valence-electron chi connectivity index (χ0n) is 4.86. The summed E-state index contributed by atoms with van der Waals surface area (Å²) < 4.78 is 5.95. The third-order valence-electron chi connectivity index (χ3n) is 1.16. The van der Waals surface area contributed by atoms with Gasteiger partial charge in [0, 0.05) is 0 Å². The summed E-state index contributed by atoms with van der Waals surface area (Å²) in [5.74, 6) is 0.941. The Hall–Kier alpha value is 0.00870. The van der Waals surface area contributed by atoms with Crippen LogP contribution in [-0.2, 0) is 0 Å². The first kappa shape index (κ1) is 6.13. The van der Waals surface area contributed by atoms with Gasteiger partial charge in [0.1, 0.15) is 0 Å². The molecule has 8 heavy (non-hydrogen) atoms. The fourth-order valence-corrected chi connectivity index (χ4v) is 1.05. The summed E-state index contributed by atoms with van der Waals surface area (Å²) in [5, 5.41) is 3.78. The molecule has 0 aliphatic heterocycles. The van der Waals surface area contributed by atoms with Crippen LogP contribution in [0.1, 0.15) is 11.3 Å². The molecule has 0 bridgehead atoms. The van der Waals surface area contributed by atoms with Crippen molar-refractivity contribution in [3.05, 3.63) is 11.3 Å². The number of rotatable bonds is 0. The summed E-state index contributed by atoms with van der Waals surface area (Å²) in [6.45, 7) is 3.95. The molecule has 2 nitrogen and oxygen atoms in total. The topological polar surface area (TPSA) is 26.0 Å². The van der Waals surface area contributed by atoms with E-state index in [1.807, 2.05) is 13.8 Å². The number of aryl methyl sites for hydroxylation is 1. The number of aromatic nitrogens is 1. The van der Waals surface area contributed by atoms with E-state index in [4.69, 9.17) is 4.52 Å². The summed E-state index contributed by atoms with van der Waals surface area (Å²) >= 11 is 1.32. The molecular weight excluding hydrogens is 209 g/mol. The Morgan fingerprint density at radius 2 is 2.12 bits per heavy atom. The van der Waals surface area contributed by atoms with E-state index in [9.17, 15) is 0 Å². The van der Waals surface area contributed by atoms with Gasteiger partial charge in [-0.15, -0.1) is 0 Å². The average molecular weight is 215 g/mol. The third-order valence-corrected chi connectivity index (χ3v) is 2.49. The molecule has 0 atom stereocenters. The number of hydrogen-bond donors (Lipinski definition) is 0. The molecule has 1 heterocycles. The van der Waals surface area contributed by atoms with E-state index in [0.717, 1.165) is 9.47 Å². The predicted molar refractivity (Wildman–Crippen MR) is 31.4 cm³/mol. The molecule has 0 aliphatic rings. The van der Waals surface area contributed by atoms with Crippen LogP contribution in [0.5, 0.6) is 0 Å². The first-order valence-corrected chi connectivity index (χ1v) is 3.79. The number of nitrogens with zero attached hydrogens (tertiary/aromatic N) is 1. The van der Waals surface area contributed by atoms with Crippen molar-refractivity contribution in [2.24, 2.45) is 0 Å². The van der Waals surface area contributed by atoms with Crippen molar-refractivity contribution in [3.63, 3.8) is 0 Å². The monoisotopic (exact) mass is 216 g/mol. The van der Waals surface area contributed by atoms with E-state index in [1.165, 1.54) is 28.1 Å². The average Bonchev–Trinajstić information content (AvgIpc) is 1.98. The summed E-state index contributed by atoms with van der Waals surface area (Å²) in [7, 11) is 0. The second-order valence-electron chi connectivity index (χ2n) is 1.71. The van der Waals surface area contributed by atoms with Gasteiger partial charge >= 0.3 is 61.1 Å². The van der Waals surface area contributed by atoms with Crippen LogP contribution in [0.25, 0.3) is 0 Å². The molecule has 0 aromatic carbocycles. The van der Waals surface area contributed by atoms with E-state index in [2.05, 4.69) is 5.16 Å². The first-order valence-electron chi connectivity index (χ1n) is 2.36. The molecule has 3 heteroatoms. The third kappa shape index (κ3) is 0.891. The predicted octanol–water partition coefficient (Wildman–Crippen LogP) is 0.0852. The molecule has 1 aromatic heterocycles. The molecule has 0 spiro atoms. The molecule has 0 aliphatic carbocycles. The van der Waals surface area contributed by atoms with Crippen molar-refractivity contribution < 1.29 is 4.52 Å². The van der Waals surface area contributed by atoms with E-state index in [-0.39, 0.29) is 0 Å². The van der Waals surface area contributed by atoms with E-state index < -0.39 is 0 Å². The Labute approximate surface area is 61.3 Å². The van der Waals surface area contributed by atoms with Gasteiger partial charge in [-0.1, -0.05) is 0 Å². The summed E-state index contributed by atoms with van der Waals surface area (Å²) in [6.07, 6.45) is 0. The molecule has 0 saturated heterocycles. The standard InChI is InChI=1S/C5H6NO.Sn/c1-4-3-6-7-5(4)2;/h1-2H3;. The van der Waals surface area contributed by atoms with Crippen LogP contribution in [0.3, 0.4) is 0 Å². The minimum atomic E-state index is 0.941. The van der Waals surface area contributed by atoms with Gasteiger partial charge in [0.25, 0.3) is 0 Å².